The Labute approximate surface area is 181 Å². The molecule has 0 spiro atoms. The van der Waals surface area contributed by atoms with Gasteiger partial charge in [0.05, 0.1) is 27.2 Å². The molecule has 160 valence electrons. The van der Waals surface area contributed by atoms with Crippen molar-refractivity contribution in [2.45, 2.75) is 30.6 Å². The molecule has 0 aliphatic heterocycles. The molecule has 0 fully saturated rings. The van der Waals surface area contributed by atoms with Crippen LogP contribution in [0.25, 0.3) is 0 Å². The van der Waals surface area contributed by atoms with E-state index in [1.54, 1.807) is 20.8 Å². The lowest BCUT2D eigenvalue weighted by Crippen LogP contribution is -2.31. The maximum atomic E-state index is 13.0. The fourth-order valence-corrected chi connectivity index (χ4v) is 5.66. The van der Waals surface area contributed by atoms with Crippen molar-refractivity contribution in [2.24, 2.45) is 0 Å². The lowest BCUT2D eigenvalue weighted by atomic mass is 10.3. The smallest absolute Gasteiger partial charge is 0.261 e. The summed E-state index contributed by atoms with van der Waals surface area (Å²) in [6.45, 7) is 5.97. The van der Waals surface area contributed by atoms with Crippen molar-refractivity contribution in [1.29, 1.82) is 0 Å². The average Bonchev–Trinajstić information content (AvgIpc) is 2.65. The van der Waals surface area contributed by atoms with Crippen LogP contribution in [0.3, 0.4) is 0 Å². The van der Waals surface area contributed by atoms with Crippen molar-refractivity contribution in [3.8, 4) is 5.75 Å². The predicted molar refractivity (Wildman–Crippen MR) is 115 cm³/mol. The fourth-order valence-electron chi connectivity index (χ4n) is 2.61. The molecule has 2 aromatic rings. The minimum absolute atomic E-state index is 0.0743. The molecular weight excluding hydrogens is 459 g/mol. The highest BCUT2D eigenvalue weighted by Crippen LogP contribution is 2.31. The van der Waals surface area contributed by atoms with E-state index in [9.17, 15) is 16.8 Å². The standard InChI is InChI=1S/C18H22Cl2N2O5S2/c1-4-22(5-2)29(25,26)18-11-13(7-10-17(18)27-6-3)21-28(23,24)14-8-9-15(19)16(20)12-14/h7-12,21H,4-6H2,1-3H3. The summed E-state index contributed by atoms with van der Waals surface area (Å²) in [6, 6.07) is 7.99. The van der Waals surface area contributed by atoms with Crippen LogP contribution in [0, 0.1) is 0 Å². The van der Waals surface area contributed by atoms with Crippen LogP contribution in [0.4, 0.5) is 5.69 Å². The largest absolute Gasteiger partial charge is 0.492 e. The monoisotopic (exact) mass is 480 g/mol. The fraction of sp³-hybridized carbons (Fsp3) is 0.333. The maximum absolute atomic E-state index is 13.0. The molecular formula is C18H22Cl2N2O5S2. The topological polar surface area (TPSA) is 92.8 Å². The maximum Gasteiger partial charge on any atom is 0.261 e. The molecule has 0 aromatic heterocycles. The third-order valence-electron chi connectivity index (χ3n) is 4.02. The summed E-state index contributed by atoms with van der Waals surface area (Å²) in [4.78, 5) is -0.216. The van der Waals surface area contributed by atoms with Gasteiger partial charge in [0.1, 0.15) is 10.6 Å². The Kier molecular flexibility index (Phi) is 7.80. The van der Waals surface area contributed by atoms with Crippen molar-refractivity contribution in [3.63, 3.8) is 0 Å². The molecule has 0 aliphatic rings. The second-order valence-electron chi connectivity index (χ2n) is 5.87. The molecule has 0 unspecified atom stereocenters. The van der Waals surface area contributed by atoms with Crippen molar-refractivity contribution in [3.05, 3.63) is 46.4 Å². The minimum atomic E-state index is -4.01. The van der Waals surface area contributed by atoms with Gasteiger partial charge in [0.2, 0.25) is 10.0 Å². The zero-order chi connectivity index (χ0) is 21.8. The highest BCUT2D eigenvalue weighted by Gasteiger charge is 2.27. The molecule has 29 heavy (non-hydrogen) atoms. The summed E-state index contributed by atoms with van der Waals surface area (Å²) >= 11 is 11.7. The van der Waals surface area contributed by atoms with Crippen LogP contribution in [0.1, 0.15) is 20.8 Å². The van der Waals surface area contributed by atoms with E-state index in [1.165, 1.54) is 40.7 Å². The molecule has 0 heterocycles. The van der Waals surface area contributed by atoms with Gasteiger partial charge in [-0.25, -0.2) is 16.8 Å². The number of hydrogen-bond acceptors (Lipinski definition) is 5. The summed E-state index contributed by atoms with van der Waals surface area (Å²) in [6.07, 6.45) is 0. The third-order valence-corrected chi connectivity index (χ3v) is 8.21. The first-order valence-corrected chi connectivity index (χ1v) is 12.5. The van der Waals surface area contributed by atoms with Crippen molar-refractivity contribution in [2.75, 3.05) is 24.4 Å². The quantitative estimate of drug-likeness (QED) is 0.579. The highest BCUT2D eigenvalue weighted by molar-refractivity contribution is 7.92. The first-order chi connectivity index (χ1) is 13.6. The van der Waals surface area contributed by atoms with Crippen molar-refractivity contribution >= 4 is 48.9 Å². The van der Waals surface area contributed by atoms with E-state index >= 15 is 0 Å². The van der Waals surface area contributed by atoms with E-state index in [0.29, 0.717) is 0 Å². The number of nitrogens with zero attached hydrogens (tertiary/aromatic N) is 1. The average molecular weight is 481 g/mol. The van der Waals surface area contributed by atoms with Gasteiger partial charge >= 0.3 is 0 Å². The Morgan fingerprint density at radius 1 is 0.931 bits per heavy atom. The third kappa shape index (κ3) is 5.35. The van der Waals surface area contributed by atoms with Gasteiger partial charge in [-0.1, -0.05) is 37.0 Å². The van der Waals surface area contributed by atoms with E-state index in [0.717, 1.165) is 0 Å². The van der Waals surface area contributed by atoms with Gasteiger partial charge in [0.25, 0.3) is 10.0 Å². The molecule has 11 heteroatoms. The van der Waals surface area contributed by atoms with E-state index in [2.05, 4.69) is 4.72 Å². The molecule has 0 atom stereocenters. The molecule has 0 radical (unpaired) electrons. The van der Waals surface area contributed by atoms with Crippen LogP contribution in [-0.4, -0.2) is 40.8 Å². The lowest BCUT2D eigenvalue weighted by Gasteiger charge is -2.21. The number of hydrogen-bond donors (Lipinski definition) is 1. The summed E-state index contributed by atoms with van der Waals surface area (Å²) < 4.78 is 60.4. The van der Waals surface area contributed by atoms with Crippen LogP contribution < -0.4 is 9.46 Å². The lowest BCUT2D eigenvalue weighted by molar-refractivity contribution is 0.329. The zero-order valence-electron chi connectivity index (χ0n) is 16.1. The number of nitrogens with one attached hydrogen (secondary N) is 1. The first kappa shape index (κ1) is 23.8. The molecule has 0 saturated carbocycles. The van der Waals surface area contributed by atoms with Gasteiger partial charge in [-0.3, -0.25) is 4.72 Å². The summed E-state index contributed by atoms with van der Waals surface area (Å²) in [5.74, 6) is 0.150. The normalized spacial score (nSPS) is 12.2. The number of sulfonamides is 2. The van der Waals surface area contributed by atoms with Gasteiger partial charge < -0.3 is 4.74 Å². The predicted octanol–water partition coefficient (Wildman–Crippen LogP) is 4.22. The Bertz CT molecular complexity index is 1090. The Balaban J connectivity index is 2.51. The molecule has 7 nitrogen and oxygen atoms in total. The molecule has 0 saturated heterocycles. The van der Waals surface area contributed by atoms with E-state index in [4.69, 9.17) is 27.9 Å². The van der Waals surface area contributed by atoms with Crippen LogP contribution in [0.2, 0.25) is 10.0 Å². The van der Waals surface area contributed by atoms with Crippen molar-refractivity contribution in [1.82, 2.24) is 4.31 Å². The van der Waals surface area contributed by atoms with E-state index in [-0.39, 0.29) is 51.0 Å². The SMILES string of the molecule is CCOc1ccc(NS(=O)(=O)c2ccc(Cl)c(Cl)c2)cc1S(=O)(=O)N(CC)CC. The van der Waals surface area contributed by atoms with Gasteiger partial charge in [0, 0.05) is 13.1 Å². The number of rotatable bonds is 9. The van der Waals surface area contributed by atoms with Crippen molar-refractivity contribution < 1.29 is 21.6 Å². The van der Waals surface area contributed by atoms with Gasteiger partial charge in [0.15, 0.2) is 0 Å². The summed E-state index contributed by atoms with van der Waals surface area (Å²) in [5, 5.41) is 0.310. The number of halogens is 2. The number of benzene rings is 2. The van der Waals surface area contributed by atoms with E-state index in [1.807, 2.05) is 0 Å². The van der Waals surface area contributed by atoms with Gasteiger partial charge in [-0.2, -0.15) is 4.31 Å². The van der Waals surface area contributed by atoms with Crippen LogP contribution in [-0.2, 0) is 20.0 Å². The molecule has 0 amide bonds. The number of anilines is 1. The number of ether oxygens (including phenoxy) is 1. The summed E-state index contributed by atoms with van der Waals surface area (Å²) in [7, 11) is -7.89. The highest BCUT2D eigenvalue weighted by atomic mass is 35.5. The molecule has 2 rings (SSSR count). The summed E-state index contributed by atoms with van der Waals surface area (Å²) in [5.41, 5.74) is 0.0743. The zero-order valence-corrected chi connectivity index (χ0v) is 19.3. The molecule has 1 N–H and O–H groups in total. The Morgan fingerprint density at radius 2 is 1.59 bits per heavy atom. The second-order valence-corrected chi connectivity index (χ2v) is 10.3. The van der Waals surface area contributed by atoms with Crippen LogP contribution in [0.5, 0.6) is 5.75 Å². The molecule has 2 aromatic carbocycles. The Morgan fingerprint density at radius 3 is 2.14 bits per heavy atom. The van der Waals surface area contributed by atoms with Gasteiger partial charge in [-0.15, -0.1) is 0 Å². The second kappa shape index (κ2) is 9.53. The van der Waals surface area contributed by atoms with Gasteiger partial charge in [-0.05, 0) is 43.3 Å². The minimum Gasteiger partial charge on any atom is -0.492 e. The molecule has 0 bridgehead atoms. The first-order valence-electron chi connectivity index (χ1n) is 8.81. The Hall–Kier alpha value is -1.52. The van der Waals surface area contributed by atoms with Crippen LogP contribution in [0.15, 0.2) is 46.2 Å². The van der Waals surface area contributed by atoms with Crippen LogP contribution >= 0.6 is 23.2 Å². The van der Waals surface area contributed by atoms with E-state index < -0.39 is 20.0 Å². The molecule has 0 aliphatic carbocycles.